The van der Waals surface area contributed by atoms with E-state index in [1.165, 1.54) is 0 Å². The third-order valence-electron chi connectivity index (χ3n) is 4.02. The predicted molar refractivity (Wildman–Crippen MR) is 95.7 cm³/mol. The lowest BCUT2D eigenvalue weighted by Crippen LogP contribution is -2.11. The molecule has 0 bridgehead atoms. The lowest BCUT2D eigenvalue weighted by atomic mass is 10.1. The SMILES string of the molecule is COc1ccc2c(Cl)cc(C3=NC(C(C)C)CS3)nc2c1C. The van der Waals surface area contributed by atoms with Gasteiger partial charge in [-0.3, -0.25) is 4.99 Å². The number of nitrogens with zero attached hydrogens (tertiary/aromatic N) is 2. The molecule has 0 radical (unpaired) electrons. The second kappa shape index (κ2) is 6.09. The molecule has 5 heteroatoms. The van der Waals surface area contributed by atoms with Crippen LogP contribution in [0, 0.1) is 12.8 Å². The van der Waals surface area contributed by atoms with Crippen molar-refractivity contribution < 1.29 is 4.74 Å². The number of aryl methyl sites for hydroxylation is 1. The van der Waals surface area contributed by atoms with Crippen molar-refractivity contribution in [1.82, 2.24) is 4.98 Å². The molecule has 0 aliphatic carbocycles. The molecule has 2 heterocycles. The van der Waals surface area contributed by atoms with E-state index in [-0.39, 0.29) is 0 Å². The number of pyridine rings is 1. The number of aromatic nitrogens is 1. The molecule has 0 spiro atoms. The number of fused-ring (bicyclic) bond motifs is 1. The lowest BCUT2D eigenvalue weighted by Gasteiger charge is -2.10. The van der Waals surface area contributed by atoms with Crippen LogP contribution in [0.3, 0.4) is 0 Å². The number of ether oxygens (including phenoxy) is 1. The Morgan fingerprint density at radius 2 is 2.14 bits per heavy atom. The highest BCUT2D eigenvalue weighted by molar-refractivity contribution is 8.14. The fourth-order valence-corrected chi connectivity index (χ4v) is 4.08. The summed E-state index contributed by atoms with van der Waals surface area (Å²) in [6, 6.07) is 6.18. The van der Waals surface area contributed by atoms with Crippen LogP contribution in [0.4, 0.5) is 0 Å². The summed E-state index contributed by atoms with van der Waals surface area (Å²) in [6.07, 6.45) is 0. The third-order valence-corrected chi connectivity index (χ3v) is 5.43. The first-order valence-electron chi connectivity index (χ1n) is 7.36. The minimum absolute atomic E-state index is 0.364. The summed E-state index contributed by atoms with van der Waals surface area (Å²) in [6.45, 7) is 6.41. The number of rotatable bonds is 3. The van der Waals surface area contributed by atoms with Gasteiger partial charge in [0.05, 0.1) is 29.4 Å². The van der Waals surface area contributed by atoms with Gasteiger partial charge >= 0.3 is 0 Å². The topological polar surface area (TPSA) is 34.5 Å². The molecule has 22 heavy (non-hydrogen) atoms. The van der Waals surface area contributed by atoms with E-state index in [4.69, 9.17) is 26.3 Å². The maximum Gasteiger partial charge on any atom is 0.123 e. The number of aliphatic imine (C=N–C) groups is 1. The summed E-state index contributed by atoms with van der Waals surface area (Å²) in [7, 11) is 1.67. The highest BCUT2D eigenvalue weighted by Gasteiger charge is 2.23. The van der Waals surface area contributed by atoms with Crippen molar-refractivity contribution in [3.05, 3.63) is 34.5 Å². The molecule has 1 unspecified atom stereocenters. The Kier molecular flexibility index (Phi) is 4.33. The first-order chi connectivity index (χ1) is 10.5. The van der Waals surface area contributed by atoms with Crippen molar-refractivity contribution in [2.24, 2.45) is 10.9 Å². The van der Waals surface area contributed by atoms with Crippen molar-refractivity contribution in [3.63, 3.8) is 0 Å². The van der Waals surface area contributed by atoms with E-state index in [1.54, 1.807) is 18.9 Å². The van der Waals surface area contributed by atoms with Crippen LogP contribution in [0.25, 0.3) is 10.9 Å². The lowest BCUT2D eigenvalue weighted by molar-refractivity contribution is 0.412. The second-order valence-corrected chi connectivity index (χ2v) is 7.25. The largest absolute Gasteiger partial charge is 0.496 e. The molecule has 0 amide bonds. The van der Waals surface area contributed by atoms with Crippen molar-refractivity contribution in [2.75, 3.05) is 12.9 Å². The van der Waals surface area contributed by atoms with Gasteiger partial charge in [0.15, 0.2) is 0 Å². The van der Waals surface area contributed by atoms with Crippen LogP contribution >= 0.6 is 23.4 Å². The number of halogens is 1. The Labute approximate surface area is 140 Å². The summed E-state index contributed by atoms with van der Waals surface area (Å²) in [5, 5.41) is 2.65. The van der Waals surface area contributed by atoms with Gasteiger partial charge < -0.3 is 4.74 Å². The van der Waals surface area contributed by atoms with Crippen molar-refractivity contribution in [3.8, 4) is 5.75 Å². The minimum atomic E-state index is 0.364. The van der Waals surface area contributed by atoms with Gasteiger partial charge in [-0.2, -0.15) is 0 Å². The Bertz CT molecular complexity index is 758. The number of hydrogen-bond acceptors (Lipinski definition) is 4. The third kappa shape index (κ3) is 2.70. The van der Waals surface area contributed by atoms with Gasteiger partial charge in [0, 0.05) is 16.7 Å². The number of benzene rings is 1. The molecule has 2 aromatic rings. The molecular formula is C17H19ClN2OS. The average Bonchev–Trinajstić information content (AvgIpc) is 2.98. The monoisotopic (exact) mass is 334 g/mol. The fraction of sp³-hybridized carbons (Fsp3) is 0.412. The molecule has 1 aromatic carbocycles. The maximum absolute atomic E-state index is 6.46. The van der Waals surface area contributed by atoms with Crippen LogP contribution in [0.5, 0.6) is 5.75 Å². The fourth-order valence-electron chi connectivity index (χ4n) is 2.57. The van der Waals surface area contributed by atoms with Gasteiger partial charge in [0.2, 0.25) is 0 Å². The van der Waals surface area contributed by atoms with E-state index in [0.29, 0.717) is 17.0 Å². The second-order valence-electron chi connectivity index (χ2n) is 5.83. The predicted octanol–water partition coefficient (Wildman–Crippen LogP) is 4.72. The zero-order valence-electron chi connectivity index (χ0n) is 13.2. The molecule has 0 saturated heterocycles. The van der Waals surface area contributed by atoms with Crippen molar-refractivity contribution in [2.45, 2.75) is 26.8 Å². The van der Waals surface area contributed by atoms with Gasteiger partial charge in [-0.15, -0.1) is 11.8 Å². The molecule has 0 N–H and O–H groups in total. The van der Waals surface area contributed by atoms with Crippen LogP contribution in [0.15, 0.2) is 23.2 Å². The first kappa shape index (κ1) is 15.6. The van der Waals surface area contributed by atoms with Crippen LogP contribution < -0.4 is 4.74 Å². The molecule has 116 valence electrons. The van der Waals surface area contributed by atoms with Gasteiger partial charge in [-0.1, -0.05) is 25.4 Å². The normalized spacial score (nSPS) is 18.1. The van der Waals surface area contributed by atoms with E-state index in [1.807, 2.05) is 25.1 Å². The summed E-state index contributed by atoms with van der Waals surface area (Å²) in [5.74, 6) is 2.39. The van der Waals surface area contributed by atoms with E-state index in [0.717, 1.165) is 38.7 Å². The number of hydrogen-bond donors (Lipinski definition) is 0. The molecule has 3 rings (SSSR count). The number of thioether (sulfide) groups is 1. The van der Waals surface area contributed by atoms with E-state index < -0.39 is 0 Å². The summed E-state index contributed by atoms with van der Waals surface area (Å²) in [5.41, 5.74) is 2.76. The summed E-state index contributed by atoms with van der Waals surface area (Å²) in [4.78, 5) is 9.61. The zero-order valence-corrected chi connectivity index (χ0v) is 14.8. The van der Waals surface area contributed by atoms with Crippen LogP contribution in [0.1, 0.15) is 25.1 Å². The Morgan fingerprint density at radius 1 is 1.36 bits per heavy atom. The summed E-state index contributed by atoms with van der Waals surface area (Å²) < 4.78 is 5.39. The van der Waals surface area contributed by atoms with Gasteiger partial charge in [0.1, 0.15) is 10.8 Å². The highest BCUT2D eigenvalue weighted by atomic mass is 35.5. The standard InChI is InChI=1S/C17H19ClN2OS/c1-9(2)14-8-22-17(20-14)13-7-12(18)11-5-6-15(21-4)10(3)16(11)19-13/h5-7,9,14H,8H2,1-4H3. The number of methoxy groups -OCH3 is 1. The zero-order chi connectivity index (χ0) is 15.9. The van der Waals surface area contributed by atoms with Crippen molar-refractivity contribution in [1.29, 1.82) is 0 Å². The first-order valence-corrected chi connectivity index (χ1v) is 8.72. The maximum atomic E-state index is 6.46. The molecule has 1 aliphatic heterocycles. The van der Waals surface area contributed by atoms with Crippen LogP contribution in [0.2, 0.25) is 5.02 Å². The van der Waals surface area contributed by atoms with E-state index in [9.17, 15) is 0 Å². The van der Waals surface area contributed by atoms with Crippen LogP contribution in [-0.4, -0.2) is 28.9 Å². The van der Waals surface area contributed by atoms with E-state index in [2.05, 4.69) is 13.8 Å². The molecular weight excluding hydrogens is 316 g/mol. The molecule has 1 aliphatic rings. The smallest absolute Gasteiger partial charge is 0.123 e. The van der Waals surface area contributed by atoms with Gasteiger partial charge in [0.25, 0.3) is 0 Å². The Morgan fingerprint density at radius 3 is 2.77 bits per heavy atom. The Balaban J connectivity index is 2.12. The van der Waals surface area contributed by atoms with Crippen LogP contribution in [-0.2, 0) is 0 Å². The molecule has 0 saturated carbocycles. The molecule has 1 aromatic heterocycles. The van der Waals surface area contributed by atoms with Crippen molar-refractivity contribution >= 4 is 39.3 Å². The quantitative estimate of drug-likeness (QED) is 0.814. The van der Waals surface area contributed by atoms with Gasteiger partial charge in [-0.05, 0) is 31.0 Å². The summed E-state index contributed by atoms with van der Waals surface area (Å²) >= 11 is 8.22. The van der Waals surface area contributed by atoms with E-state index >= 15 is 0 Å². The van der Waals surface area contributed by atoms with Gasteiger partial charge in [-0.25, -0.2) is 4.98 Å². The average molecular weight is 335 g/mol. The molecule has 0 fully saturated rings. The minimum Gasteiger partial charge on any atom is -0.496 e. The Hall–Kier alpha value is -1.26. The highest BCUT2D eigenvalue weighted by Crippen LogP contribution is 2.33. The molecule has 3 nitrogen and oxygen atoms in total. The molecule has 1 atom stereocenters.